The number of hydrogen-bond acceptors (Lipinski definition) is 5. The predicted octanol–water partition coefficient (Wildman–Crippen LogP) is 1.77. The van der Waals surface area contributed by atoms with Crippen molar-refractivity contribution in [1.82, 2.24) is 10.2 Å². The summed E-state index contributed by atoms with van der Waals surface area (Å²) < 4.78 is 5.11. The molecule has 0 aliphatic carbocycles. The van der Waals surface area contributed by atoms with Gasteiger partial charge in [0.05, 0.1) is 11.7 Å². The number of likely N-dealkylation sites (tertiary alicyclic amines) is 1. The maximum absolute atomic E-state index is 11.6. The van der Waals surface area contributed by atoms with Gasteiger partial charge in [0.25, 0.3) is 0 Å². The summed E-state index contributed by atoms with van der Waals surface area (Å²) >= 11 is 0. The van der Waals surface area contributed by atoms with Crippen molar-refractivity contribution < 1.29 is 14.6 Å². The standard InChI is InChI=1S/C19H26N2O3/c1-13-14(2-3-15-16(13)11-24-18(15)23)17(22)10-21-8-5-19(6-9-21)4-7-20-12-19/h2-3,17,20,22H,4-12H2,1H3/t17-/m0/s1. The number of nitrogens with zero attached hydrogens (tertiary/aromatic N) is 1. The summed E-state index contributed by atoms with van der Waals surface area (Å²) in [5.74, 6) is -0.249. The van der Waals surface area contributed by atoms with Crippen LogP contribution in [-0.4, -0.2) is 48.7 Å². The summed E-state index contributed by atoms with van der Waals surface area (Å²) in [4.78, 5) is 14.0. The SMILES string of the molecule is Cc1c([C@@H](O)CN2CCC3(CCNC3)CC2)ccc2c1COC2=O. The van der Waals surface area contributed by atoms with Crippen molar-refractivity contribution in [2.45, 2.75) is 38.9 Å². The molecule has 4 rings (SSSR count). The van der Waals surface area contributed by atoms with E-state index in [0.29, 0.717) is 24.1 Å². The van der Waals surface area contributed by atoms with Gasteiger partial charge in [-0.15, -0.1) is 0 Å². The van der Waals surface area contributed by atoms with Crippen molar-refractivity contribution >= 4 is 5.97 Å². The maximum Gasteiger partial charge on any atom is 0.338 e. The first kappa shape index (κ1) is 16.1. The highest BCUT2D eigenvalue weighted by Gasteiger charge is 2.37. The van der Waals surface area contributed by atoms with E-state index in [1.54, 1.807) is 6.07 Å². The van der Waals surface area contributed by atoms with Crippen molar-refractivity contribution in [2.75, 3.05) is 32.7 Å². The second-order valence-corrected chi connectivity index (χ2v) is 7.63. The Morgan fingerprint density at radius 2 is 2.12 bits per heavy atom. The predicted molar refractivity (Wildman–Crippen MR) is 90.9 cm³/mol. The summed E-state index contributed by atoms with van der Waals surface area (Å²) in [5, 5.41) is 14.2. The fourth-order valence-corrected chi connectivity index (χ4v) is 4.50. The second-order valence-electron chi connectivity index (χ2n) is 7.63. The molecule has 24 heavy (non-hydrogen) atoms. The number of carbonyl (C=O) groups is 1. The van der Waals surface area contributed by atoms with Crippen LogP contribution in [0.2, 0.25) is 0 Å². The van der Waals surface area contributed by atoms with Gasteiger partial charge in [-0.1, -0.05) is 6.07 Å². The van der Waals surface area contributed by atoms with Crippen LogP contribution in [0.15, 0.2) is 12.1 Å². The van der Waals surface area contributed by atoms with Crippen LogP contribution < -0.4 is 5.32 Å². The molecule has 1 spiro atoms. The number of fused-ring (bicyclic) bond motifs is 1. The van der Waals surface area contributed by atoms with E-state index < -0.39 is 6.10 Å². The maximum atomic E-state index is 11.6. The third-order valence-corrected chi connectivity index (χ3v) is 6.25. The van der Waals surface area contributed by atoms with Crippen LogP contribution in [0.5, 0.6) is 0 Å². The molecule has 3 aliphatic rings. The number of cyclic esters (lactones) is 1. The van der Waals surface area contributed by atoms with E-state index in [1.807, 2.05) is 13.0 Å². The van der Waals surface area contributed by atoms with E-state index in [4.69, 9.17) is 4.74 Å². The molecule has 0 amide bonds. The first-order valence-corrected chi connectivity index (χ1v) is 8.99. The lowest BCUT2D eigenvalue weighted by Crippen LogP contribution is -2.42. The molecule has 2 fully saturated rings. The number of piperidine rings is 1. The molecular weight excluding hydrogens is 304 g/mol. The average molecular weight is 330 g/mol. The Hall–Kier alpha value is -1.43. The molecule has 0 radical (unpaired) electrons. The van der Waals surface area contributed by atoms with Gasteiger partial charge in [0.1, 0.15) is 6.61 Å². The Kier molecular flexibility index (Phi) is 4.11. The molecule has 2 saturated heterocycles. The number of ether oxygens (including phenoxy) is 1. The van der Waals surface area contributed by atoms with Gasteiger partial charge in [0, 0.05) is 18.7 Å². The highest BCUT2D eigenvalue weighted by molar-refractivity contribution is 5.93. The normalized spacial score (nSPS) is 24.2. The van der Waals surface area contributed by atoms with Gasteiger partial charge >= 0.3 is 5.97 Å². The lowest BCUT2D eigenvalue weighted by Gasteiger charge is -2.39. The smallest absolute Gasteiger partial charge is 0.338 e. The third-order valence-electron chi connectivity index (χ3n) is 6.25. The van der Waals surface area contributed by atoms with Crippen LogP contribution in [0.1, 0.15) is 52.4 Å². The average Bonchev–Trinajstić information content (AvgIpc) is 3.18. The fraction of sp³-hybridized carbons (Fsp3) is 0.632. The van der Waals surface area contributed by atoms with E-state index in [0.717, 1.165) is 42.9 Å². The highest BCUT2D eigenvalue weighted by atomic mass is 16.5. The molecule has 5 nitrogen and oxygen atoms in total. The molecule has 1 aromatic carbocycles. The fourth-order valence-electron chi connectivity index (χ4n) is 4.50. The zero-order valence-corrected chi connectivity index (χ0v) is 14.3. The molecule has 130 valence electrons. The molecule has 5 heteroatoms. The van der Waals surface area contributed by atoms with Crippen LogP contribution in [-0.2, 0) is 11.3 Å². The minimum Gasteiger partial charge on any atom is -0.457 e. The van der Waals surface area contributed by atoms with Crippen molar-refractivity contribution in [3.8, 4) is 0 Å². The zero-order valence-electron chi connectivity index (χ0n) is 14.3. The largest absolute Gasteiger partial charge is 0.457 e. The van der Waals surface area contributed by atoms with E-state index in [1.165, 1.54) is 19.3 Å². The van der Waals surface area contributed by atoms with Gasteiger partial charge in [0.15, 0.2) is 0 Å². The van der Waals surface area contributed by atoms with Crippen LogP contribution in [0, 0.1) is 12.3 Å². The van der Waals surface area contributed by atoms with Crippen LogP contribution in [0.25, 0.3) is 0 Å². The van der Waals surface area contributed by atoms with Gasteiger partial charge in [0.2, 0.25) is 0 Å². The monoisotopic (exact) mass is 330 g/mol. The van der Waals surface area contributed by atoms with Gasteiger partial charge in [-0.25, -0.2) is 4.79 Å². The molecular formula is C19H26N2O3. The first-order valence-electron chi connectivity index (χ1n) is 8.99. The molecule has 1 aromatic rings. The summed E-state index contributed by atoms with van der Waals surface area (Å²) in [7, 11) is 0. The van der Waals surface area contributed by atoms with Gasteiger partial charge in [-0.05, 0) is 68.4 Å². The Labute approximate surface area is 143 Å². The molecule has 0 saturated carbocycles. The quantitative estimate of drug-likeness (QED) is 0.827. The van der Waals surface area contributed by atoms with Gasteiger partial charge in [-0.2, -0.15) is 0 Å². The Bertz CT molecular complexity index is 642. The van der Waals surface area contributed by atoms with E-state index >= 15 is 0 Å². The van der Waals surface area contributed by atoms with Crippen molar-refractivity contribution in [3.05, 3.63) is 34.4 Å². The van der Waals surface area contributed by atoms with Crippen molar-refractivity contribution in [1.29, 1.82) is 0 Å². The summed E-state index contributed by atoms with van der Waals surface area (Å²) in [5.41, 5.74) is 4.01. The number of rotatable bonds is 3. The topological polar surface area (TPSA) is 61.8 Å². The second kappa shape index (κ2) is 6.14. The Morgan fingerprint density at radius 1 is 1.33 bits per heavy atom. The van der Waals surface area contributed by atoms with Crippen molar-refractivity contribution in [2.24, 2.45) is 5.41 Å². The van der Waals surface area contributed by atoms with Crippen LogP contribution in [0.3, 0.4) is 0 Å². The first-order chi connectivity index (χ1) is 11.6. The van der Waals surface area contributed by atoms with E-state index in [9.17, 15) is 9.90 Å². The summed E-state index contributed by atoms with van der Waals surface area (Å²) in [6, 6.07) is 3.68. The summed E-state index contributed by atoms with van der Waals surface area (Å²) in [6.45, 7) is 7.40. The van der Waals surface area contributed by atoms with E-state index in [2.05, 4.69) is 10.2 Å². The number of benzene rings is 1. The van der Waals surface area contributed by atoms with Crippen LogP contribution in [0.4, 0.5) is 0 Å². The third kappa shape index (κ3) is 2.75. The number of carbonyl (C=O) groups excluding carboxylic acids is 1. The minimum atomic E-state index is -0.512. The van der Waals surface area contributed by atoms with Gasteiger partial charge in [-0.3, -0.25) is 0 Å². The van der Waals surface area contributed by atoms with Gasteiger partial charge < -0.3 is 20.1 Å². The zero-order chi connectivity index (χ0) is 16.7. The summed E-state index contributed by atoms with van der Waals surface area (Å²) in [6.07, 6.45) is 3.22. The minimum absolute atomic E-state index is 0.249. The molecule has 0 unspecified atom stereocenters. The highest BCUT2D eigenvalue weighted by Crippen LogP contribution is 2.37. The molecule has 3 heterocycles. The Balaban J connectivity index is 1.42. The van der Waals surface area contributed by atoms with Crippen LogP contribution >= 0.6 is 0 Å². The Morgan fingerprint density at radius 3 is 2.83 bits per heavy atom. The molecule has 3 aliphatic heterocycles. The number of β-amino-alcohol motifs (C(OH)–C–C–N with tert-alkyl or cyclic N) is 1. The number of hydrogen-bond donors (Lipinski definition) is 2. The number of nitrogens with one attached hydrogen (secondary N) is 1. The van der Waals surface area contributed by atoms with E-state index in [-0.39, 0.29) is 5.97 Å². The van der Waals surface area contributed by atoms with Crippen molar-refractivity contribution in [3.63, 3.8) is 0 Å². The molecule has 0 bridgehead atoms. The molecule has 2 N–H and O–H groups in total. The molecule has 0 aromatic heterocycles. The number of aliphatic hydroxyl groups is 1. The molecule has 1 atom stereocenters. The number of aliphatic hydroxyl groups excluding tert-OH is 1. The number of esters is 1. The lowest BCUT2D eigenvalue weighted by atomic mass is 9.78. The lowest BCUT2D eigenvalue weighted by molar-refractivity contribution is 0.0534.